The van der Waals surface area contributed by atoms with Gasteiger partial charge in [0.1, 0.15) is 5.76 Å². The van der Waals surface area contributed by atoms with Crippen molar-refractivity contribution in [3.63, 3.8) is 0 Å². The highest BCUT2D eigenvalue weighted by atomic mass is 35.5. The van der Waals surface area contributed by atoms with E-state index in [0.717, 1.165) is 12.0 Å². The summed E-state index contributed by atoms with van der Waals surface area (Å²) in [6, 6.07) is 9.93. The predicted octanol–water partition coefficient (Wildman–Crippen LogP) is 5.70. The second kappa shape index (κ2) is 6.89. The molecule has 0 fully saturated rings. The molecule has 0 spiro atoms. The van der Waals surface area contributed by atoms with Gasteiger partial charge in [-0.25, -0.2) is 8.42 Å². The molecule has 3 aromatic rings. The molecule has 0 saturated heterocycles. The Morgan fingerprint density at radius 2 is 1.76 bits per heavy atom. The second-order valence-electron chi connectivity index (χ2n) is 8.39. The van der Waals surface area contributed by atoms with Crippen molar-refractivity contribution in [1.82, 2.24) is 0 Å². The van der Waals surface area contributed by atoms with Crippen LogP contribution in [0.4, 0.5) is 5.69 Å². The van der Waals surface area contributed by atoms with Crippen LogP contribution in [0.5, 0.6) is 0 Å². The number of halogens is 1. The summed E-state index contributed by atoms with van der Waals surface area (Å²) in [5, 5.41) is 0.823. The molecule has 1 N–H and O–H groups in total. The van der Waals surface area contributed by atoms with Crippen molar-refractivity contribution >= 4 is 44.1 Å². The Morgan fingerprint density at radius 3 is 2.41 bits per heavy atom. The smallest absolute Gasteiger partial charge is 0.261 e. The van der Waals surface area contributed by atoms with Gasteiger partial charge in [-0.2, -0.15) is 0 Å². The molecule has 0 amide bonds. The average Bonchev–Trinajstić information content (AvgIpc) is 3.01. The van der Waals surface area contributed by atoms with E-state index in [1.165, 1.54) is 6.07 Å². The number of aryl methyl sites for hydroxylation is 1. The van der Waals surface area contributed by atoms with E-state index in [0.29, 0.717) is 40.8 Å². The van der Waals surface area contributed by atoms with Crippen LogP contribution < -0.4 is 4.72 Å². The Morgan fingerprint density at radius 1 is 1.07 bits per heavy atom. The summed E-state index contributed by atoms with van der Waals surface area (Å²) in [4.78, 5) is 12.5. The van der Waals surface area contributed by atoms with E-state index in [2.05, 4.69) is 25.5 Å². The van der Waals surface area contributed by atoms with Gasteiger partial charge in [0.25, 0.3) is 10.0 Å². The topological polar surface area (TPSA) is 76.4 Å². The first-order valence-corrected chi connectivity index (χ1v) is 11.3. The van der Waals surface area contributed by atoms with E-state index in [1.54, 1.807) is 18.2 Å². The van der Waals surface area contributed by atoms with Gasteiger partial charge in [-0.3, -0.25) is 9.52 Å². The van der Waals surface area contributed by atoms with Crippen LogP contribution >= 0.6 is 11.6 Å². The Bertz CT molecular complexity index is 1220. The van der Waals surface area contributed by atoms with Gasteiger partial charge in [0, 0.05) is 18.2 Å². The first-order valence-electron chi connectivity index (χ1n) is 9.48. The number of ketones is 1. The van der Waals surface area contributed by atoms with Crippen molar-refractivity contribution in [2.75, 3.05) is 4.72 Å². The van der Waals surface area contributed by atoms with Gasteiger partial charge in [0.15, 0.2) is 11.4 Å². The summed E-state index contributed by atoms with van der Waals surface area (Å²) in [7, 11) is -3.80. The third-order valence-electron chi connectivity index (χ3n) is 5.19. The fourth-order valence-electron chi connectivity index (χ4n) is 3.63. The van der Waals surface area contributed by atoms with Gasteiger partial charge in [-0.15, -0.1) is 0 Å². The van der Waals surface area contributed by atoms with Crippen LogP contribution in [-0.4, -0.2) is 14.2 Å². The Labute approximate surface area is 175 Å². The number of nitrogens with one attached hydrogen (secondary N) is 1. The summed E-state index contributed by atoms with van der Waals surface area (Å²) in [6.45, 7) is 6.20. The molecule has 5 nitrogen and oxygen atoms in total. The monoisotopic (exact) mass is 431 g/mol. The lowest BCUT2D eigenvalue weighted by Gasteiger charge is -2.19. The Hall–Kier alpha value is -2.31. The summed E-state index contributed by atoms with van der Waals surface area (Å²) in [6.07, 6.45) is 1.87. The van der Waals surface area contributed by atoms with Gasteiger partial charge >= 0.3 is 0 Å². The van der Waals surface area contributed by atoms with Gasteiger partial charge in [0.2, 0.25) is 0 Å². The minimum absolute atomic E-state index is 0.00107. The van der Waals surface area contributed by atoms with E-state index in [1.807, 2.05) is 12.1 Å². The molecule has 0 unspecified atom stereocenters. The summed E-state index contributed by atoms with van der Waals surface area (Å²) in [5.41, 5.74) is 2.21. The zero-order chi connectivity index (χ0) is 21.0. The predicted molar refractivity (Wildman–Crippen MR) is 114 cm³/mol. The molecular formula is C22H22ClNO4S. The largest absolute Gasteiger partial charge is 0.459 e. The molecule has 0 saturated carbocycles. The molecule has 1 heterocycles. The van der Waals surface area contributed by atoms with Crippen molar-refractivity contribution in [2.24, 2.45) is 0 Å². The number of hydrogen-bond acceptors (Lipinski definition) is 4. The number of furan rings is 1. The zero-order valence-electron chi connectivity index (χ0n) is 16.5. The Kier molecular flexibility index (Phi) is 4.74. The van der Waals surface area contributed by atoms with Crippen LogP contribution in [-0.2, 0) is 21.9 Å². The molecule has 0 bridgehead atoms. The molecule has 4 rings (SSSR count). The second-order valence-corrected chi connectivity index (χ2v) is 10.5. The maximum atomic E-state index is 12.9. The maximum absolute atomic E-state index is 12.9. The first kappa shape index (κ1) is 20.0. The fourth-order valence-corrected chi connectivity index (χ4v) is 4.93. The molecule has 2 aromatic carbocycles. The van der Waals surface area contributed by atoms with Crippen LogP contribution in [0.2, 0.25) is 5.02 Å². The van der Waals surface area contributed by atoms with Crippen molar-refractivity contribution in [2.45, 2.75) is 50.3 Å². The SMILES string of the molecule is CC(C)(C)c1ccc(S(=O)(=O)Nc2cc(Cl)c3oc4c(c3c2)C(=O)CCC4)cc1. The van der Waals surface area contributed by atoms with Crippen LogP contribution in [0.3, 0.4) is 0 Å². The standard InChI is InChI=1S/C22H22ClNO4S/c1-22(2,3)13-7-9-15(10-8-13)29(26,27)24-14-11-16-20-18(25)5-4-6-19(20)28-21(16)17(23)12-14/h7-12,24H,4-6H2,1-3H3. The van der Waals surface area contributed by atoms with Crippen LogP contribution in [0.1, 0.15) is 55.3 Å². The third kappa shape index (κ3) is 3.67. The molecule has 0 radical (unpaired) electrons. The molecule has 29 heavy (non-hydrogen) atoms. The van der Waals surface area contributed by atoms with Gasteiger partial charge < -0.3 is 4.42 Å². The molecule has 7 heteroatoms. The van der Waals surface area contributed by atoms with Gasteiger partial charge in [0.05, 0.1) is 21.2 Å². The number of rotatable bonds is 3. The third-order valence-corrected chi connectivity index (χ3v) is 6.86. The van der Waals surface area contributed by atoms with Crippen molar-refractivity contribution in [3.8, 4) is 0 Å². The number of benzene rings is 2. The van der Waals surface area contributed by atoms with E-state index in [4.69, 9.17) is 16.0 Å². The molecule has 152 valence electrons. The number of Topliss-reactive ketones (excluding diaryl/α,β-unsaturated/α-hetero) is 1. The summed E-state index contributed by atoms with van der Waals surface area (Å²) < 4.78 is 34.1. The molecule has 1 aliphatic rings. The van der Waals surface area contributed by atoms with E-state index in [-0.39, 0.29) is 21.1 Å². The number of fused-ring (bicyclic) bond motifs is 3. The quantitative estimate of drug-likeness (QED) is 0.576. The Balaban J connectivity index is 1.72. The lowest BCUT2D eigenvalue weighted by Crippen LogP contribution is -2.15. The van der Waals surface area contributed by atoms with E-state index >= 15 is 0 Å². The number of carbonyl (C=O) groups excluding carboxylic acids is 1. The van der Waals surface area contributed by atoms with Crippen LogP contribution in [0.25, 0.3) is 11.0 Å². The number of sulfonamides is 1. The number of anilines is 1. The average molecular weight is 432 g/mol. The highest BCUT2D eigenvalue weighted by molar-refractivity contribution is 7.92. The van der Waals surface area contributed by atoms with Crippen molar-refractivity contribution < 1.29 is 17.6 Å². The highest BCUT2D eigenvalue weighted by Crippen LogP contribution is 2.38. The molecule has 0 atom stereocenters. The number of carbonyl (C=O) groups is 1. The molecular weight excluding hydrogens is 410 g/mol. The minimum atomic E-state index is -3.80. The van der Waals surface area contributed by atoms with Crippen LogP contribution in [0, 0.1) is 0 Å². The van der Waals surface area contributed by atoms with E-state index in [9.17, 15) is 13.2 Å². The fraction of sp³-hybridized carbons (Fsp3) is 0.318. The lowest BCUT2D eigenvalue weighted by molar-refractivity contribution is 0.0971. The minimum Gasteiger partial charge on any atom is -0.459 e. The van der Waals surface area contributed by atoms with Gasteiger partial charge in [-0.05, 0) is 41.7 Å². The molecule has 1 aliphatic carbocycles. The molecule has 1 aromatic heterocycles. The lowest BCUT2D eigenvalue weighted by atomic mass is 9.87. The van der Waals surface area contributed by atoms with Crippen LogP contribution in [0.15, 0.2) is 45.7 Å². The first-order chi connectivity index (χ1) is 13.6. The maximum Gasteiger partial charge on any atom is 0.261 e. The normalized spacial score (nSPS) is 14.8. The van der Waals surface area contributed by atoms with Gasteiger partial charge in [-0.1, -0.05) is 44.5 Å². The summed E-state index contributed by atoms with van der Waals surface area (Å²) >= 11 is 6.34. The molecule has 0 aliphatic heterocycles. The van der Waals surface area contributed by atoms with Crippen molar-refractivity contribution in [3.05, 3.63) is 58.3 Å². The number of hydrogen-bond donors (Lipinski definition) is 1. The summed E-state index contributed by atoms with van der Waals surface area (Å²) in [5.74, 6) is 0.620. The zero-order valence-corrected chi connectivity index (χ0v) is 18.1. The van der Waals surface area contributed by atoms with E-state index < -0.39 is 10.0 Å². The van der Waals surface area contributed by atoms with Crippen molar-refractivity contribution in [1.29, 1.82) is 0 Å². The highest BCUT2D eigenvalue weighted by Gasteiger charge is 2.26.